The summed E-state index contributed by atoms with van der Waals surface area (Å²) in [5.41, 5.74) is 2.07. The predicted octanol–water partition coefficient (Wildman–Crippen LogP) is 1.95. The molecule has 3 aliphatic rings. The molecule has 0 spiro atoms. The second kappa shape index (κ2) is 8.53. The molecule has 2 N–H and O–H groups in total. The maximum atomic E-state index is 13.2. The van der Waals surface area contributed by atoms with Crippen molar-refractivity contribution >= 4 is 23.4 Å². The summed E-state index contributed by atoms with van der Waals surface area (Å²) < 4.78 is 0. The van der Waals surface area contributed by atoms with Crippen molar-refractivity contribution in [2.45, 2.75) is 45.1 Å². The van der Waals surface area contributed by atoms with E-state index in [1.54, 1.807) is 17.0 Å². The molecule has 1 saturated carbocycles. The molecule has 3 amide bonds. The molecule has 2 heterocycles. The van der Waals surface area contributed by atoms with Crippen molar-refractivity contribution in [3.05, 3.63) is 29.3 Å². The molecule has 29 heavy (non-hydrogen) atoms. The number of hydrogen-bond acceptors (Lipinski definition) is 4. The number of anilines is 1. The topological polar surface area (TPSA) is 81.8 Å². The summed E-state index contributed by atoms with van der Waals surface area (Å²) in [5, 5.41) is 6.24. The second-order valence-corrected chi connectivity index (χ2v) is 8.49. The van der Waals surface area contributed by atoms with Crippen LogP contribution in [0.1, 0.15) is 48.5 Å². The van der Waals surface area contributed by atoms with Gasteiger partial charge < -0.3 is 15.5 Å². The van der Waals surface area contributed by atoms with E-state index in [0.29, 0.717) is 31.6 Å². The largest absolute Gasteiger partial charge is 0.352 e. The first kappa shape index (κ1) is 19.9. The van der Waals surface area contributed by atoms with Crippen molar-refractivity contribution < 1.29 is 14.4 Å². The van der Waals surface area contributed by atoms with Crippen LogP contribution in [0.25, 0.3) is 0 Å². The molecular weight excluding hydrogens is 368 g/mol. The number of benzene rings is 1. The van der Waals surface area contributed by atoms with Crippen LogP contribution in [0.5, 0.6) is 0 Å². The van der Waals surface area contributed by atoms with E-state index >= 15 is 0 Å². The zero-order chi connectivity index (χ0) is 20.4. The van der Waals surface area contributed by atoms with E-state index in [2.05, 4.69) is 10.6 Å². The number of carbonyl (C=O) groups excluding carboxylic acids is 3. The highest BCUT2D eigenvalue weighted by Crippen LogP contribution is 2.32. The number of rotatable bonds is 4. The van der Waals surface area contributed by atoms with Crippen LogP contribution in [-0.2, 0) is 11.2 Å². The zero-order valence-corrected chi connectivity index (χ0v) is 17.1. The van der Waals surface area contributed by atoms with Gasteiger partial charge in [-0.3, -0.25) is 14.5 Å². The van der Waals surface area contributed by atoms with E-state index in [9.17, 15) is 14.4 Å². The Labute approximate surface area is 171 Å². The summed E-state index contributed by atoms with van der Waals surface area (Å²) >= 11 is 0. The predicted molar refractivity (Wildman–Crippen MR) is 111 cm³/mol. The Kier molecular flexibility index (Phi) is 5.85. The highest BCUT2D eigenvalue weighted by atomic mass is 16.2. The van der Waals surface area contributed by atoms with E-state index in [-0.39, 0.29) is 30.2 Å². The van der Waals surface area contributed by atoms with Gasteiger partial charge in [0, 0.05) is 62.9 Å². The number of piperazine rings is 1. The second-order valence-electron chi connectivity index (χ2n) is 8.49. The third-order valence-electron chi connectivity index (χ3n) is 6.08. The van der Waals surface area contributed by atoms with Crippen molar-refractivity contribution in [1.29, 1.82) is 0 Å². The minimum atomic E-state index is -0.204. The molecule has 1 aromatic rings. The summed E-state index contributed by atoms with van der Waals surface area (Å²) in [5.74, 6) is 0.754. The molecule has 0 aromatic heterocycles. The van der Waals surface area contributed by atoms with Gasteiger partial charge in [-0.05, 0) is 43.0 Å². The van der Waals surface area contributed by atoms with Crippen LogP contribution in [-0.4, -0.2) is 61.4 Å². The van der Waals surface area contributed by atoms with E-state index < -0.39 is 0 Å². The number of fused-ring (bicyclic) bond motifs is 1. The number of nitrogens with one attached hydrogen (secondary N) is 2. The monoisotopic (exact) mass is 398 g/mol. The molecule has 1 saturated heterocycles. The first-order chi connectivity index (χ1) is 14.0. The Hall–Kier alpha value is -2.41. The van der Waals surface area contributed by atoms with Gasteiger partial charge in [0.05, 0.1) is 0 Å². The number of urea groups is 1. The van der Waals surface area contributed by atoms with Gasteiger partial charge in [-0.15, -0.1) is 0 Å². The Morgan fingerprint density at radius 3 is 2.69 bits per heavy atom. The van der Waals surface area contributed by atoms with Crippen LogP contribution in [0.2, 0.25) is 0 Å². The minimum Gasteiger partial charge on any atom is -0.352 e. The fourth-order valence-electron chi connectivity index (χ4n) is 4.24. The lowest BCUT2D eigenvalue weighted by Crippen LogP contribution is -2.53. The standard InChI is InChI=1S/C22H30N4O3/c1-15-12-19(27)14-18-13-17(21(28)24-7-6-16-2-3-16)4-5-20(18)26(15)22(29)25-10-8-23-9-11-25/h4-5,13,15-16,23H,2-3,6-12,14H2,1H3,(H,24,28)/t15-/m0/s1. The van der Waals surface area contributed by atoms with E-state index in [4.69, 9.17) is 0 Å². The number of hydrogen-bond donors (Lipinski definition) is 2. The molecule has 4 rings (SSSR count). The normalized spacial score (nSPS) is 22.1. The smallest absolute Gasteiger partial charge is 0.324 e. The summed E-state index contributed by atoms with van der Waals surface area (Å²) in [6.45, 7) is 5.48. The van der Waals surface area contributed by atoms with Crippen molar-refractivity contribution in [3.63, 3.8) is 0 Å². The van der Waals surface area contributed by atoms with Gasteiger partial charge in [-0.2, -0.15) is 0 Å². The van der Waals surface area contributed by atoms with Crippen molar-refractivity contribution in [3.8, 4) is 0 Å². The molecule has 7 heteroatoms. The average Bonchev–Trinajstić information content (AvgIpc) is 3.54. The summed E-state index contributed by atoms with van der Waals surface area (Å²) in [6, 6.07) is 5.13. The first-order valence-corrected chi connectivity index (χ1v) is 10.7. The molecule has 0 radical (unpaired) electrons. The van der Waals surface area contributed by atoms with Gasteiger partial charge in [0.15, 0.2) is 0 Å². The zero-order valence-electron chi connectivity index (χ0n) is 17.1. The van der Waals surface area contributed by atoms with Gasteiger partial charge in [-0.1, -0.05) is 12.8 Å². The third kappa shape index (κ3) is 4.61. The molecule has 1 aromatic carbocycles. The Morgan fingerprint density at radius 2 is 1.97 bits per heavy atom. The van der Waals surface area contributed by atoms with E-state index in [0.717, 1.165) is 36.7 Å². The van der Waals surface area contributed by atoms with Crippen LogP contribution in [0.3, 0.4) is 0 Å². The van der Waals surface area contributed by atoms with Crippen molar-refractivity contribution in [1.82, 2.24) is 15.5 Å². The average molecular weight is 399 g/mol. The fraction of sp³-hybridized carbons (Fsp3) is 0.591. The van der Waals surface area contributed by atoms with Gasteiger partial charge >= 0.3 is 6.03 Å². The first-order valence-electron chi connectivity index (χ1n) is 10.7. The maximum absolute atomic E-state index is 13.2. The third-order valence-corrected chi connectivity index (χ3v) is 6.08. The van der Waals surface area contributed by atoms with Crippen LogP contribution in [0.15, 0.2) is 18.2 Å². The Morgan fingerprint density at radius 1 is 1.21 bits per heavy atom. The SMILES string of the molecule is C[C@H]1CC(=O)Cc2cc(C(=O)NCCC3CC3)ccc2N1C(=O)N1CCNCC1. The van der Waals surface area contributed by atoms with Crippen LogP contribution in [0, 0.1) is 5.92 Å². The number of amides is 3. The molecule has 2 fully saturated rings. The number of carbonyl (C=O) groups is 3. The number of Topliss-reactive ketones (excluding diaryl/α,β-unsaturated/α-hetero) is 1. The molecule has 1 aliphatic carbocycles. The maximum Gasteiger partial charge on any atom is 0.324 e. The molecule has 2 aliphatic heterocycles. The quantitative estimate of drug-likeness (QED) is 0.812. The van der Waals surface area contributed by atoms with Gasteiger partial charge in [0.25, 0.3) is 5.91 Å². The number of ketones is 1. The van der Waals surface area contributed by atoms with Crippen molar-refractivity contribution in [2.75, 3.05) is 37.6 Å². The molecule has 0 unspecified atom stereocenters. The molecule has 7 nitrogen and oxygen atoms in total. The molecule has 1 atom stereocenters. The Bertz CT molecular complexity index is 799. The van der Waals surface area contributed by atoms with Crippen LogP contribution < -0.4 is 15.5 Å². The molecule has 0 bridgehead atoms. The van der Waals surface area contributed by atoms with Crippen LogP contribution >= 0.6 is 0 Å². The van der Waals surface area contributed by atoms with E-state index in [1.807, 2.05) is 17.9 Å². The van der Waals surface area contributed by atoms with Gasteiger partial charge in [0.2, 0.25) is 0 Å². The lowest BCUT2D eigenvalue weighted by atomic mass is 10.0. The lowest BCUT2D eigenvalue weighted by molar-refractivity contribution is -0.118. The fourth-order valence-corrected chi connectivity index (χ4v) is 4.24. The van der Waals surface area contributed by atoms with Gasteiger partial charge in [-0.25, -0.2) is 4.79 Å². The summed E-state index contributed by atoms with van der Waals surface area (Å²) in [6.07, 6.45) is 4.15. The highest BCUT2D eigenvalue weighted by molar-refractivity contribution is 6.00. The molecule has 156 valence electrons. The van der Waals surface area contributed by atoms with Crippen LogP contribution in [0.4, 0.5) is 10.5 Å². The lowest BCUT2D eigenvalue weighted by Gasteiger charge is -2.36. The summed E-state index contributed by atoms with van der Waals surface area (Å²) in [4.78, 5) is 41.8. The number of nitrogens with zero attached hydrogens (tertiary/aromatic N) is 2. The van der Waals surface area contributed by atoms with E-state index in [1.165, 1.54) is 12.8 Å². The highest BCUT2D eigenvalue weighted by Gasteiger charge is 2.33. The minimum absolute atomic E-state index is 0.0587. The van der Waals surface area contributed by atoms with Gasteiger partial charge in [0.1, 0.15) is 5.78 Å². The Balaban J connectivity index is 1.56. The molecular formula is C22H30N4O3. The van der Waals surface area contributed by atoms with Crippen molar-refractivity contribution in [2.24, 2.45) is 5.92 Å². The summed E-state index contributed by atoms with van der Waals surface area (Å²) in [7, 11) is 0.